The smallest absolute Gasteiger partial charge is 0.731 e. The van der Waals surface area contributed by atoms with Crippen molar-refractivity contribution >= 4 is 67.8 Å². The monoisotopic (exact) mass is 581 g/mol. The fraction of sp³-hybridized carbons (Fsp3) is 0.263. The Morgan fingerprint density at radius 1 is 1.27 bits per heavy atom. The molecule has 1 aliphatic heterocycles. The first-order valence-electron chi connectivity index (χ1n) is 9.81. The summed E-state index contributed by atoms with van der Waals surface area (Å²) in [5.41, 5.74) is -0.317. The number of halogens is 1. The number of carbonyl (C=O) groups excluding carboxylic acids is 4. The zero-order chi connectivity index (χ0) is 26.5. The van der Waals surface area contributed by atoms with Gasteiger partial charge in [0.05, 0.1) is 5.56 Å². The van der Waals surface area contributed by atoms with Crippen molar-refractivity contribution in [1.29, 1.82) is 0 Å². The van der Waals surface area contributed by atoms with E-state index < -0.39 is 58.4 Å². The Kier molecular flexibility index (Phi) is 11.0. The number of oxime groups is 1. The third-order valence-electron chi connectivity index (χ3n) is 4.60. The van der Waals surface area contributed by atoms with Crippen molar-refractivity contribution in [3.63, 3.8) is 0 Å². The zero-order valence-corrected chi connectivity index (χ0v) is 23.6. The van der Waals surface area contributed by atoms with Gasteiger partial charge >= 0.3 is 35.5 Å². The van der Waals surface area contributed by atoms with E-state index in [1.165, 1.54) is 17.5 Å². The third-order valence-corrected chi connectivity index (χ3v) is 6.54. The molecular formula is C19H17ClN5NaO9S2. The number of rotatable bonds is 10. The number of hydrogen-bond donors (Lipinski definition) is 2. The van der Waals surface area contributed by atoms with Crippen LogP contribution in [0.25, 0.3) is 0 Å². The fourth-order valence-electron chi connectivity index (χ4n) is 3.03. The van der Waals surface area contributed by atoms with Gasteiger partial charge in [0.15, 0.2) is 21.1 Å². The number of esters is 1. The standard InChI is InChI=1S/C19H18ClN5O9S2.Na/c1-33-24-14(11-9-35-19(21-11)22-13(26)7-20)16(27)23-15-12(25(17(15)28)36(30,31)32)8-34-18(29)10-5-3-2-4-6-10;/h2-6,9,12,15H,7-8H2,1H3,(H,23,27)(H,21,22,26)(H,30,31,32);/q;+1/p-1/t12-,15+;/m1./s1. The molecule has 3 amide bonds. The number of amides is 3. The Balaban J connectivity index is 0.00000481. The number of nitrogens with one attached hydrogen (secondary N) is 2. The molecule has 1 saturated heterocycles. The second-order valence-corrected chi connectivity index (χ2v) is 9.29. The molecular weight excluding hydrogens is 565 g/mol. The van der Waals surface area contributed by atoms with Crippen LogP contribution in [-0.4, -0.2) is 83.3 Å². The summed E-state index contributed by atoms with van der Waals surface area (Å²) in [4.78, 5) is 57.6. The summed E-state index contributed by atoms with van der Waals surface area (Å²) < 4.78 is 39.7. The van der Waals surface area contributed by atoms with Crippen LogP contribution < -0.4 is 40.2 Å². The number of alkyl halides is 1. The second kappa shape index (κ2) is 13.3. The number of anilines is 1. The molecule has 0 bridgehead atoms. The van der Waals surface area contributed by atoms with E-state index in [1.807, 2.05) is 0 Å². The summed E-state index contributed by atoms with van der Waals surface area (Å²) in [5.74, 6) is -3.95. The van der Waals surface area contributed by atoms with E-state index in [-0.39, 0.29) is 56.1 Å². The van der Waals surface area contributed by atoms with Crippen molar-refractivity contribution in [3.05, 3.63) is 47.0 Å². The van der Waals surface area contributed by atoms with Crippen LogP contribution in [-0.2, 0) is 34.3 Å². The predicted molar refractivity (Wildman–Crippen MR) is 124 cm³/mol. The summed E-state index contributed by atoms with van der Waals surface area (Å²) >= 11 is 6.37. The molecule has 1 aliphatic rings. The molecule has 14 nitrogen and oxygen atoms in total. The summed E-state index contributed by atoms with van der Waals surface area (Å²) in [6, 6.07) is 4.65. The average molecular weight is 582 g/mol. The molecule has 2 aromatic rings. The van der Waals surface area contributed by atoms with Crippen LogP contribution in [0.2, 0.25) is 0 Å². The van der Waals surface area contributed by atoms with Gasteiger partial charge in [-0.2, -0.15) is 0 Å². The minimum absolute atomic E-state index is 0. The van der Waals surface area contributed by atoms with Gasteiger partial charge in [0, 0.05) is 5.38 Å². The van der Waals surface area contributed by atoms with Gasteiger partial charge < -0.3 is 24.8 Å². The first-order chi connectivity index (χ1) is 17.1. The minimum atomic E-state index is -5.26. The molecule has 2 atom stereocenters. The van der Waals surface area contributed by atoms with Gasteiger partial charge in [0.2, 0.25) is 5.91 Å². The van der Waals surface area contributed by atoms with Crippen LogP contribution in [0.15, 0.2) is 40.9 Å². The maximum absolute atomic E-state index is 12.9. The Labute approximate surface area is 241 Å². The average Bonchev–Trinajstić information content (AvgIpc) is 3.30. The van der Waals surface area contributed by atoms with E-state index in [2.05, 4.69) is 25.6 Å². The first-order valence-corrected chi connectivity index (χ1v) is 12.6. The molecule has 1 aromatic carbocycles. The van der Waals surface area contributed by atoms with Crippen LogP contribution in [0, 0.1) is 0 Å². The molecule has 192 valence electrons. The van der Waals surface area contributed by atoms with Gasteiger partial charge in [-0.15, -0.1) is 22.9 Å². The summed E-state index contributed by atoms with van der Waals surface area (Å²) in [5, 5.41) is 9.66. The molecule has 0 radical (unpaired) electrons. The Bertz CT molecular complexity index is 1310. The largest absolute Gasteiger partial charge is 1.00 e. The molecule has 2 heterocycles. The number of ether oxygens (including phenoxy) is 1. The Hall–Kier alpha value is -2.60. The maximum Gasteiger partial charge on any atom is 1.00 e. The van der Waals surface area contributed by atoms with Crippen molar-refractivity contribution in [3.8, 4) is 0 Å². The summed E-state index contributed by atoms with van der Waals surface area (Å²) in [6.07, 6.45) is 0. The molecule has 0 saturated carbocycles. The molecule has 0 unspecified atom stereocenters. The zero-order valence-electron chi connectivity index (χ0n) is 19.2. The van der Waals surface area contributed by atoms with Crippen LogP contribution in [0.1, 0.15) is 16.1 Å². The van der Waals surface area contributed by atoms with E-state index in [9.17, 15) is 32.1 Å². The quantitative estimate of drug-likeness (QED) is 0.0545. The number of β-lactam (4-membered cyclic amide) rings is 1. The van der Waals surface area contributed by atoms with Crippen LogP contribution in [0.5, 0.6) is 0 Å². The van der Waals surface area contributed by atoms with E-state index >= 15 is 0 Å². The van der Waals surface area contributed by atoms with Crippen molar-refractivity contribution in [1.82, 2.24) is 14.6 Å². The Morgan fingerprint density at radius 2 is 1.95 bits per heavy atom. The van der Waals surface area contributed by atoms with Crippen molar-refractivity contribution in [2.45, 2.75) is 12.1 Å². The third kappa shape index (κ3) is 7.47. The summed E-state index contributed by atoms with van der Waals surface area (Å²) in [7, 11) is -4.12. The van der Waals surface area contributed by atoms with E-state index in [0.717, 1.165) is 18.4 Å². The summed E-state index contributed by atoms with van der Waals surface area (Å²) in [6.45, 7) is -0.700. The second-order valence-electron chi connectivity index (χ2n) is 6.92. The van der Waals surface area contributed by atoms with Crippen LogP contribution in [0.3, 0.4) is 0 Å². The van der Waals surface area contributed by atoms with Crippen LogP contribution >= 0.6 is 22.9 Å². The van der Waals surface area contributed by atoms with Gasteiger partial charge in [-0.05, 0) is 12.1 Å². The normalized spacial score (nSPS) is 17.2. The minimum Gasteiger partial charge on any atom is -0.731 e. The van der Waals surface area contributed by atoms with Gasteiger partial charge in [0.1, 0.15) is 37.4 Å². The van der Waals surface area contributed by atoms with E-state index in [4.69, 9.17) is 16.3 Å². The van der Waals surface area contributed by atoms with Crippen molar-refractivity contribution in [2.75, 3.05) is 24.9 Å². The number of nitrogens with zero attached hydrogens (tertiary/aromatic N) is 3. The molecule has 1 fully saturated rings. The predicted octanol–water partition coefficient (Wildman–Crippen LogP) is -3.31. The van der Waals surface area contributed by atoms with Crippen molar-refractivity contribution in [2.24, 2.45) is 5.16 Å². The van der Waals surface area contributed by atoms with Gasteiger partial charge in [0.25, 0.3) is 11.8 Å². The van der Waals surface area contributed by atoms with E-state index in [1.54, 1.807) is 18.2 Å². The van der Waals surface area contributed by atoms with Gasteiger partial charge in [-0.3, -0.25) is 14.4 Å². The molecule has 1 aromatic heterocycles. The molecule has 0 spiro atoms. The van der Waals surface area contributed by atoms with E-state index in [0.29, 0.717) is 0 Å². The molecule has 0 aliphatic carbocycles. The number of carbonyl (C=O) groups is 4. The molecule has 37 heavy (non-hydrogen) atoms. The SMILES string of the molecule is CON=C(C(=O)N[C@@H]1C(=O)N(S(=O)(=O)[O-])[C@@H]1COC(=O)c1ccccc1)c1csc(NC(=O)CCl)n1.[Na+]. The molecule has 3 rings (SSSR count). The molecule has 18 heteroatoms. The number of aromatic nitrogens is 1. The Morgan fingerprint density at radius 3 is 2.54 bits per heavy atom. The number of hydrogen-bond acceptors (Lipinski definition) is 12. The molecule has 2 N–H and O–H groups in total. The number of thiazole rings is 1. The van der Waals surface area contributed by atoms with Gasteiger partial charge in [-0.1, -0.05) is 23.4 Å². The first kappa shape index (κ1) is 30.6. The fourth-order valence-corrected chi connectivity index (χ4v) is 4.66. The maximum atomic E-state index is 12.9. The van der Waals surface area contributed by atoms with Crippen molar-refractivity contribution < 1.29 is 71.3 Å². The topological polar surface area (TPSA) is 196 Å². The van der Waals surface area contributed by atoms with Gasteiger partial charge in [-0.25, -0.2) is 22.5 Å². The number of benzene rings is 1. The van der Waals surface area contributed by atoms with Crippen LogP contribution in [0.4, 0.5) is 5.13 Å².